The topological polar surface area (TPSA) is 81.7 Å². The molecule has 0 fully saturated rings. The zero-order chi connectivity index (χ0) is 13.6. The van der Waals surface area contributed by atoms with Crippen molar-refractivity contribution in [2.24, 2.45) is 5.92 Å². The van der Waals surface area contributed by atoms with Gasteiger partial charge in [0.05, 0.1) is 0 Å². The van der Waals surface area contributed by atoms with Crippen LogP contribution < -0.4 is 10.6 Å². The van der Waals surface area contributed by atoms with Crippen molar-refractivity contribution < 1.29 is 14.7 Å². The highest BCUT2D eigenvalue weighted by Gasteiger charge is 2.23. The Morgan fingerprint density at radius 3 is 2.12 bits per heavy atom. The average Bonchev–Trinajstić information content (AvgIpc) is 2.21. The molecule has 0 aromatic carbocycles. The Bertz CT molecular complexity index is 267. The van der Waals surface area contributed by atoms with Crippen molar-refractivity contribution >= 4 is 12.0 Å². The summed E-state index contributed by atoms with van der Waals surface area (Å²) in [5.41, 5.74) is 0. The molecule has 0 rings (SSSR count). The molecule has 0 spiro atoms. The molecule has 6 heteroatoms. The summed E-state index contributed by atoms with van der Waals surface area (Å²) in [5, 5.41) is 14.0. The van der Waals surface area contributed by atoms with Crippen LogP contribution in [0.5, 0.6) is 0 Å². The smallest absolute Gasteiger partial charge is 0.326 e. The van der Waals surface area contributed by atoms with Crippen molar-refractivity contribution in [2.45, 2.75) is 32.9 Å². The van der Waals surface area contributed by atoms with Gasteiger partial charge in [0.25, 0.3) is 0 Å². The van der Waals surface area contributed by atoms with Crippen molar-refractivity contribution in [3.8, 4) is 0 Å². The van der Waals surface area contributed by atoms with Crippen LogP contribution in [-0.4, -0.2) is 54.7 Å². The molecule has 3 N–H and O–H groups in total. The number of carbonyl (C=O) groups excluding carboxylic acids is 1. The van der Waals surface area contributed by atoms with Gasteiger partial charge in [-0.2, -0.15) is 0 Å². The number of urea groups is 1. The molecule has 0 bridgehead atoms. The normalized spacial score (nSPS) is 14.5. The highest BCUT2D eigenvalue weighted by atomic mass is 16.4. The van der Waals surface area contributed by atoms with E-state index in [2.05, 4.69) is 10.6 Å². The van der Waals surface area contributed by atoms with E-state index in [9.17, 15) is 9.59 Å². The van der Waals surface area contributed by atoms with E-state index in [4.69, 9.17) is 5.11 Å². The molecule has 0 aromatic rings. The van der Waals surface area contributed by atoms with Crippen LogP contribution in [0.3, 0.4) is 0 Å². The predicted molar refractivity (Wildman–Crippen MR) is 65.9 cm³/mol. The van der Waals surface area contributed by atoms with E-state index in [-0.39, 0.29) is 12.0 Å². The minimum Gasteiger partial charge on any atom is -0.480 e. The Labute approximate surface area is 102 Å². The van der Waals surface area contributed by atoms with Crippen molar-refractivity contribution in [2.75, 3.05) is 20.6 Å². The molecular weight excluding hydrogens is 222 g/mol. The summed E-state index contributed by atoms with van der Waals surface area (Å²) in [6.07, 6.45) is 0. The minimum atomic E-state index is -1.02. The van der Waals surface area contributed by atoms with E-state index >= 15 is 0 Å². The number of carboxylic acid groups (broad SMARTS) is 1. The fourth-order valence-electron chi connectivity index (χ4n) is 1.13. The van der Waals surface area contributed by atoms with Crippen molar-refractivity contribution in [1.82, 2.24) is 15.5 Å². The number of nitrogens with zero attached hydrogens (tertiary/aromatic N) is 1. The second kappa shape index (κ2) is 7.11. The summed E-state index contributed by atoms with van der Waals surface area (Å²) in [6.45, 7) is 5.95. The molecule has 2 amide bonds. The lowest BCUT2D eigenvalue weighted by molar-refractivity contribution is -0.140. The first-order valence-corrected chi connectivity index (χ1v) is 5.69. The summed E-state index contributed by atoms with van der Waals surface area (Å²) < 4.78 is 0. The van der Waals surface area contributed by atoms with Crippen LogP contribution in [0, 0.1) is 5.92 Å². The van der Waals surface area contributed by atoms with Crippen LogP contribution in [0.2, 0.25) is 0 Å². The Morgan fingerprint density at radius 2 is 1.76 bits per heavy atom. The Balaban J connectivity index is 4.12. The van der Waals surface area contributed by atoms with Crippen molar-refractivity contribution in [3.05, 3.63) is 0 Å². The lowest BCUT2D eigenvalue weighted by atomic mass is 10.1. The third kappa shape index (κ3) is 6.11. The molecule has 2 unspecified atom stereocenters. The van der Waals surface area contributed by atoms with E-state index in [0.717, 1.165) is 0 Å². The van der Waals surface area contributed by atoms with Gasteiger partial charge in [-0.15, -0.1) is 0 Å². The van der Waals surface area contributed by atoms with E-state index in [1.165, 1.54) is 0 Å². The van der Waals surface area contributed by atoms with Crippen molar-refractivity contribution in [1.29, 1.82) is 0 Å². The summed E-state index contributed by atoms with van der Waals surface area (Å²) in [6, 6.07) is -1.10. The molecule has 2 atom stereocenters. The first-order valence-electron chi connectivity index (χ1n) is 5.69. The largest absolute Gasteiger partial charge is 0.480 e. The summed E-state index contributed by atoms with van der Waals surface area (Å²) in [4.78, 5) is 24.3. The van der Waals surface area contributed by atoms with Gasteiger partial charge >= 0.3 is 12.0 Å². The van der Waals surface area contributed by atoms with Gasteiger partial charge in [0.15, 0.2) is 0 Å². The summed E-state index contributed by atoms with van der Waals surface area (Å²) in [7, 11) is 3.83. The van der Waals surface area contributed by atoms with Crippen LogP contribution in [0.25, 0.3) is 0 Å². The van der Waals surface area contributed by atoms with Crippen LogP contribution in [0.15, 0.2) is 0 Å². The second-order valence-corrected chi connectivity index (χ2v) is 4.73. The molecule has 0 saturated heterocycles. The van der Waals surface area contributed by atoms with E-state index < -0.39 is 18.0 Å². The fourth-order valence-corrected chi connectivity index (χ4v) is 1.13. The zero-order valence-corrected chi connectivity index (χ0v) is 11.2. The SMILES string of the molecule is CC(C)C(NC(=O)NCC(C)N(C)C)C(=O)O. The third-order valence-electron chi connectivity index (χ3n) is 2.66. The average molecular weight is 245 g/mol. The Hall–Kier alpha value is -1.30. The van der Waals surface area contributed by atoms with Gasteiger partial charge in [0.1, 0.15) is 6.04 Å². The van der Waals surface area contributed by atoms with E-state index in [0.29, 0.717) is 6.54 Å². The third-order valence-corrected chi connectivity index (χ3v) is 2.66. The standard InChI is InChI=1S/C11H23N3O3/c1-7(2)9(10(15)16)13-11(17)12-6-8(3)14(4)5/h7-9H,6H2,1-5H3,(H,15,16)(H2,12,13,17). The summed E-state index contributed by atoms with van der Waals surface area (Å²) >= 11 is 0. The Morgan fingerprint density at radius 1 is 1.24 bits per heavy atom. The molecule has 17 heavy (non-hydrogen) atoms. The van der Waals surface area contributed by atoms with Gasteiger partial charge in [-0.1, -0.05) is 13.8 Å². The van der Waals surface area contributed by atoms with Gasteiger partial charge < -0.3 is 20.6 Å². The van der Waals surface area contributed by atoms with Crippen LogP contribution in [-0.2, 0) is 4.79 Å². The van der Waals surface area contributed by atoms with Crippen molar-refractivity contribution in [3.63, 3.8) is 0 Å². The monoisotopic (exact) mass is 245 g/mol. The number of hydrogen-bond acceptors (Lipinski definition) is 3. The number of hydrogen-bond donors (Lipinski definition) is 3. The van der Waals surface area contributed by atoms with Gasteiger partial charge in [-0.25, -0.2) is 9.59 Å². The molecule has 0 saturated carbocycles. The van der Waals surface area contributed by atoms with Gasteiger partial charge in [-0.3, -0.25) is 0 Å². The molecular formula is C11H23N3O3. The Kier molecular flexibility index (Phi) is 6.57. The second-order valence-electron chi connectivity index (χ2n) is 4.73. The minimum absolute atomic E-state index is 0.149. The highest BCUT2D eigenvalue weighted by molar-refractivity contribution is 5.82. The molecule has 6 nitrogen and oxygen atoms in total. The van der Waals surface area contributed by atoms with Gasteiger partial charge in [-0.05, 0) is 26.9 Å². The molecule has 0 aliphatic rings. The van der Waals surface area contributed by atoms with E-state index in [1.807, 2.05) is 25.9 Å². The number of nitrogens with one attached hydrogen (secondary N) is 2. The maximum atomic E-state index is 11.5. The predicted octanol–water partition coefficient (Wildman–Crippen LogP) is 0.345. The van der Waals surface area contributed by atoms with Gasteiger partial charge in [0, 0.05) is 12.6 Å². The number of carboxylic acids is 1. The highest BCUT2D eigenvalue weighted by Crippen LogP contribution is 2.01. The molecule has 0 aliphatic heterocycles. The fraction of sp³-hybridized carbons (Fsp3) is 0.818. The number of aliphatic carboxylic acids is 1. The van der Waals surface area contributed by atoms with Crippen LogP contribution >= 0.6 is 0 Å². The first-order chi connectivity index (χ1) is 7.75. The zero-order valence-electron chi connectivity index (χ0n) is 11.2. The molecule has 0 heterocycles. The van der Waals surface area contributed by atoms with E-state index in [1.54, 1.807) is 13.8 Å². The number of likely N-dealkylation sites (N-methyl/N-ethyl adjacent to an activating group) is 1. The maximum Gasteiger partial charge on any atom is 0.326 e. The molecule has 0 radical (unpaired) electrons. The number of rotatable bonds is 6. The lowest BCUT2D eigenvalue weighted by Gasteiger charge is -2.22. The van der Waals surface area contributed by atoms with Crippen LogP contribution in [0.1, 0.15) is 20.8 Å². The van der Waals surface area contributed by atoms with Crippen LogP contribution in [0.4, 0.5) is 4.79 Å². The first kappa shape index (κ1) is 15.7. The molecule has 0 aliphatic carbocycles. The summed E-state index contributed by atoms with van der Waals surface area (Å²) in [5.74, 6) is -1.17. The number of amides is 2. The number of carbonyl (C=O) groups is 2. The molecule has 0 aromatic heterocycles. The lowest BCUT2D eigenvalue weighted by Crippen LogP contribution is -2.50. The molecule has 100 valence electrons. The van der Waals surface area contributed by atoms with Gasteiger partial charge in [0.2, 0.25) is 0 Å². The maximum absolute atomic E-state index is 11.5. The quantitative estimate of drug-likeness (QED) is 0.630.